The highest BCUT2D eigenvalue weighted by molar-refractivity contribution is 5.73. The molecule has 1 heterocycles. The second-order valence-corrected chi connectivity index (χ2v) is 3.16. The number of carbonyl (C=O) groups is 1. The van der Waals surface area contributed by atoms with E-state index in [0.29, 0.717) is 19.4 Å². The van der Waals surface area contributed by atoms with Gasteiger partial charge in [0.1, 0.15) is 0 Å². The Balaban J connectivity index is 2.39. The first-order valence-corrected chi connectivity index (χ1v) is 4.20. The summed E-state index contributed by atoms with van der Waals surface area (Å²) in [4.78, 5) is 14.9. The zero-order valence-electron chi connectivity index (χ0n) is 7.69. The van der Waals surface area contributed by atoms with Crippen molar-refractivity contribution >= 4 is 12.2 Å². The lowest BCUT2D eigenvalue weighted by Gasteiger charge is -2.24. The number of dihydropyridines is 1. The molecule has 1 unspecified atom stereocenters. The maximum Gasteiger partial charge on any atom is 0.305 e. The summed E-state index contributed by atoms with van der Waals surface area (Å²) in [6.45, 7) is 0.542. The third-order valence-corrected chi connectivity index (χ3v) is 2.03. The van der Waals surface area contributed by atoms with E-state index >= 15 is 0 Å². The Morgan fingerprint density at radius 2 is 2.54 bits per heavy atom. The number of carbonyl (C=O) groups excluding carboxylic acids is 1. The van der Waals surface area contributed by atoms with Gasteiger partial charge in [0.2, 0.25) is 0 Å². The number of rotatable bonds is 3. The van der Waals surface area contributed by atoms with E-state index in [4.69, 9.17) is 5.73 Å². The van der Waals surface area contributed by atoms with E-state index in [9.17, 15) is 4.79 Å². The maximum atomic E-state index is 10.9. The highest BCUT2D eigenvalue weighted by atomic mass is 16.5. The number of methoxy groups -OCH3 is 1. The molecule has 0 radical (unpaired) electrons. The SMILES string of the molecule is COC(=O)CCC1(N)C=CC=NC1. The van der Waals surface area contributed by atoms with Gasteiger partial charge in [0.15, 0.2) is 0 Å². The van der Waals surface area contributed by atoms with Crippen LogP contribution in [0.5, 0.6) is 0 Å². The summed E-state index contributed by atoms with van der Waals surface area (Å²) in [6.07, 6.45) is 6.31. The normalized spacial score (nSPS) is 26.0. The molecule has 4 nitrogen and oxygen atoms in total. The lowest BCUT2D eigenvalue weighted by atomic mass is 9.93. The summed E-state index contributed by atoms with van der Waals surface area (Å²) in [5.74, 6) is -0.229. The van der Waals surface area contributed by atoms with E-state index in [2.05, 4.69) is 9.73 Å². The molecule has 4 heteroatoms. The van der Waals surface area contributed by atoms with Gasteiger partial charge < -0.3 is 10.5 Å². The van der Waals surface area contributed by atoms with E-state index in [0.717, 1.165) is 0 Å². The van der Waals surface area contributed by atoms with Crippen molar-refractivity contribution in [1.82, 2.24) is 0 Å². The summed E-state index contributed by atoms with van der Waals surface area (Å²) in [5, 5.41) is 0. The Kier molecular flexibility index (Phi) is 3.19. The number of nitrogens with two attached hydrogens (primary N) is 1. The Bertz CT molecular complexity index is 248. The van der Waals surface area contributed by atoms with Crippen LogP contribution in [0.2, 0.25) is 0 Å². The van der Waals surface area contributed by atoms with Crippen LogP contribution in [-0.4, -0.2) is 31.4 Å². The minimum atomic E-state index is -0.469. The molecule has 1 rings (SSSR count). The first-order valence-electron chi connectivity index (χ1n) is 4.20. The van der Waals surface area contributed by atoms with Crippen LogP contribution in [0.3, 0.4) is 0 Å². The number of allylic oxidation sites excluding steroid dienone is 1. The van der Waals surface area contributed by atoms with Crippen molar-refractivity contribution in [2.45, 2.75) is 18.4 Å². The van der Waals surface area contributed by atoms with Crippen molar-refractivity contribution < 1.29 is 9.53 Å². The van der Waals surface area contributed by atoms with Gasteiger partial charge >= 0.3 is 5.97 Å². The fraction of sp³-hybridized carbons (Fsp3) is 0.556. The van der Waals surface area contributed by atoms with E-state index in [1.807, 2.05) is 6.08 Å². The molecule has 1 aliphatic rings. The van der Waals surface area contributed by atoms with Gasteiger partial charge in [0.25, 0.3) is 0 Å². The number of hydrogen-bond acceptors (Lipinski definition) is 4. The van der Waals surface area contributed by atoms with Crippen LogP contribution in [0.1, 0.15) is 12.8 Å². The molecule has 0 amide bonds. The molecule has 0 aromatic rings. The fourth-order valence-electron chi connectivity index (χ4n) is 1.17. The summed E-state index contributed by atoms with van der Waals surface area (Å²) in [7, 11) is 1.38. The van der Waals surface area contributed by atoms with Crippen molar-refractivity contribution in [2.24, 2.45) is 10.7 Å². The molecule has 0 aromatic heterocycles. The van der Waals surface area contributed by atoms with Gasteiger partial charge in [0.05, 0.1) is 19.2 Å². The smallest absolute Gasteiger partial charge is 0.305 e. The van der Waals surface area contributed by atoms with Crippen LogP contribution < -0.4 is 5.73 Å². The fourth-order valence-corrected chi connectivity index (χ4v) is 1.17. The van der Waals surface area contributed by atoms with E-state index in [-0.39, 0.29) is 5.97 Å². The molecule has 0 fully saturated rings. The van der Waals surface area contributed by atoms with E-state index in [1.165, 1.54) is 7.11 Å². The predicted octanol–water partition coefficient (Wildman–Crippen LogP) is 0.278. The zero-order valence-corrected chi connectivity index (χ0v) is 7.69. The number of hydrogen-bond donors (Lipinski definition) is 1. The third kappa shape index (κ3) is 2.99. The van der Waals surface area contributed by atoms with E-state index in [1.54, 1.807) is 12.3 Å². The van der Waals surface area contributed by atoms with Crippen molar-refractivity contribution in [2.75, 3.05) is 13.7 Å². The molecule has 0 aliphatic carbocycles. The lowest BCUT2D eigenvalue weighted by Crippen LogP contribution is -2.42. The zero-order chi connectivity index (χ0) is 9.73. The summed E-state index contributed by atoms with van der Waals surface area (Å²) in [5.41, 5.74) is 5.48. The second kappa shape index (κ2) is 4.18. The topological polar surface area (TPSA) is 64.7 Å². The molecule has 0 aromatic carbocycles. The molecule has 72 valence electrons. The first kappa shape index (κ1) is 9.92. The monoisotopic (exact) mass is 182 g/mol. The van der Waals surface area contributed by atoms with Crippen molar-refractivity contribution in [3.05, 3.63) is 12.2 Å². The molecule has 1 atom stereocenters. The molecular formula is C9H14N2O2. The first-order chi connectivity index (χ1) is 6.16. The van der Waals surface area contributed by atoms with Gasteiger partial charge in [-0.15, -0.1) is 0 Å². The maximum absolute atomic E-state index is 10.9. The van der Waals surface area contributed by atoms with Gasteiger partial charge in [-0.3, -0.25) is 9.79 Å². The van der Waals surface area contributed by atoms with E-state index < -0.39 is 5.54 Å². The average molecular weight is 182 g/mol. The number of ether oxygens (including phenoxy) is 1. The molecule has 2 N–H and O–H groups in total. The van der Waals surface area contributed by atoms with Crippen LogP contribution in [0.4, 0.5) is 0 Å². The third-order valence-electron chi connectivity index (χ3n) is 2.03. The highest BCUT2D eigenvalue weighted by Crippen LogP contribution is 2.14. The Labute approximate surface area is 77.5 Å². The predicted molar refractivity (Wildman–Crippen MR) is 50.7 cm³/mol. The largest absolute Gasteiger partial charge is 0.469 e. The van der Waals surface area contributed by atoms with Gasteiger partial charge in [-0.05, 0) is 12.5 Å². The van der Waals surface area contributed by atoms with Crippen molar-refractivity contribution in [3.63, 3.8) is 0 Å². The van der Waals surface area contributed by atoms with Gasteiger partial charge in [-0.25, -0.2) is 0 Å². The molecule has 0 bridgehead atoms. The molecule has 13 heavy (non-hydrogen) atoms. The van der Waals surface area contributed by atoms with Crippen LogP contribution in [0.15, 0.2) is 17.1 Å². The Morgan fingerprint density at radius 1 is 1.77 bits per heavy atom. The summed E-state index contributed by atoms with van der Waals surface area (Å²) >= 11 is 0. The second-order valence-electron chi connectivity index (χ2n) is 3.16. The van der Waals surface area contributed by atoms with Crippen LogP contribution >= 0.6 is 0 Å². The van der Waals surface area contributed by atoms with Crippen LogP contribution in [0, 0.1) is 0 Å². The summed E-state index contributed by atoms with van der Waals surface area (Å²) < 4.78 is 4.53. The quantitative estimate of drug-likeness (QED) is 0.637. The number of nitrogens with zero attached hydrogens (tertiary/aromatic N) is 1. The Morgan fingerprint density at radius 3 is 3.08 bits per heavy atom. The van der Waals surface area contributed by atoms with Gasteiger partial charge in [0, 0.05) is 12.6 Å². The van der Waals surface area contributed by atoms with Gasteiger partial charge in [-0.2, -0.15) is 0 Å². The molecule has 0 saturated heterocycles. The molecule has 0 saturated carbocycles. The van der Waals surface area contributed by atoms with Crippen LogP contribution in [0.25, 0.3) is 0 Å². The molecule has 0 spiro atoms. The van der Waals surface area contributed by atoms with Gasteiger partial charge in [-0.1, -0.05) is 6.08 Å². The number of esters is 1. The average Bonchev–Trinajstić information content (AvgIpc) is 2.15. The minimum absolute atomic E-state index is 0.229. The minimum Gasteiger partial charge on any atom is -0.469 e. The van der Waals surface area contributed by atoms with Crippen molar-refractivity contribution in [1.29, 1.82) is 0 Å². The van der Waals surface area contributed by atoms with Crippen molar-refractivity contribution in [3.8, 4) is 0 Å². The lowest BCUT2D eigenvalue weighted by molar-refractivity contribution is -0.140. The van der Waals surface area contributed by atoms with Crippen LogP contribution in [-0.2, 0) is 9.53 Å². The molecule has 1 aliphatic heterocycles. The molecular weight excluding hydrogens is 168 g/mol. The standard InChI is InChI=1S/C9H14N2O2/c1-13-8(12)3-5-9(10)4-2-6-11-7-9/h2,4,6H,3,5,7,10H2,1H3. The number of aliphatic imine (C=N–C) groups is 1. The summed E-state index contributed by atoms with van der Waals surface area (Å²) in [6, 6.07) is 0. The highest BCUT2D eigenvalue weighted by Gasteiger charge is 2.23. The Hall–Kier alpha value is -1.16.